The molecule has 1 N–H and O–H groups in total. The lowest BCUT2D eigenvalue weighted by atomic mass is 10.1. The van der Waals surface area contributed by atoms with E-state index in [0.29, 0.717) is 5.92 Å². The number of amidine groups is 1. The average molecular weight is 197 g/mol. The third kappa shape index (κ3) is 3.29. The van der Waals surface area contributed by atoms with E-state index in [2.05, 4.69) is 23.9 Å². The summed E-state index contributed by atoms with van der Waals surface area (Å²) < 4.78 is 0. The van der Waals surface area contributed by atoms with Crippen LogP contribution in [0, 0.1) is 11.3 Å². The van der Waals surface area contributed by atoms with Crippen LogP contribution in [0.25, 0.3) is 0 Å². The summed E-state index contributed by atoms with van der Waals surface area (Å²) >= 11 is 0. The van der Waals surface area contributed by atoms with Crippen LogP contribution in [0.5, 0.6) is 0 Å². The lowest BCUT2D eigenvalue weighted by molar-refractivity contribution is 0.347. The number of likely N-dealkylation sites (N-methyl/N-ethyl adjacent to an activating group) is 2. The van der Waals surface area contributed by atoms with Gasteiger partial charge in [0.1, 0.15) is 0 Å². The molecule has 1 rings (SSSR count). The molecule has 0 saturated heterocycles. The second-order valence-corrected chi connectivity index (χ2v) is 4.59. The maximum absolute atomic E-state index is 8.04. The second kappa shape index (κ2) is 5.35. The van der Waals surface area contributed by atoms with Gasteiger partial charge >= 0.3 is 0 Å². The molecule has 3 nitrogen and oxygen atoms in total. The molecule has 0 aromatic heterocycles. The van der Waals surface area contributed by atoms with Crippen molar-refractivity contribution in [3.63, 3.8) is 0 Å². The van der Waals surface area contributed by atoms with Gasteiger partial charge in [0.15, 0.2) is 0 Å². The van der Waals surface area contributed by atoms with Crippen LogP contribution in [0.4, 0.5) is 0 Å². The molecule has 0 radical (unpaired) electrons. The Kier molecular flexibility index (Phi) is 4.39. The van der Waals surface area contributed by atoms with E-state index in [1.807, 2.05) is 7.05 Å². The molecule has 0 aliphatic heterocycles. The fourth-order valence-electron chi connectivity index (χ4n) is 1.98. The van der Waals surface area contributed by atoms with Gasteiger partial charge in [0.2, 0.25) is 0 Å². The minimum atomic E-state index is 0.544. The number of nitrogens with zero attached hydrogens (tertiary/aromatic N) is 2. The van der Waals surface area contributed by atoms with Gasteiger partial charge < -0.3 is 9.80 Å². The van der Waals surface area contributed by atoms with Crippen LogP contribution in [0.15, 0.2) is 0 Å². The third-order valence-electron chi connectivity index (χ3n) is 3.04. The Labute approximate surface area is 87.6 Å². The molecule has 0 bridgehead atoms. The Morgan fingerprint density at radius 1 is 1.14 bits per heavy atom. The minimum absolute atomic E-state index is 0.544. The molecule has 1 aliphatic carbocycles. The smallest absolute Gasteiger partial charge is 0.0987 e. The molecule has 82 valence electrons. The highest BCUT2D eigenvalue weighted by molar-refractivity contribution is 5.81. The number of hydrogen-bond acceptors (Lipinski definition) is 2. The van der Waals surface area contributed by atoms with Crippen molar-refractivity contribution in [2.45, 2.75) is 25.7 Å². The molecule has 0 spiro atoms. The van der Waals surface area contributed by atoms with Gasteiger partial charge in [-0.05, 0) is 26.9 Å². The van der Waals surface area contributed by atoms with E-state index >= 15 is 0 Å². The highest BCUT2D eigenvalue weighted by atomic mass is 15.2. The molecule has 1 fully saturated rings. The molecular formula is C11H23N3. The first-order valence-electron chi connectivity index (χ1n) is 5.55. The first-order chi connectivity index (χ1) is 6.61. The van der Waals surface area contributed by atoms with Crippen molar-refractivity contribution in [1.82, 2.24) is 9.80 Å². The SMILES string of the molecule is CN(C)CCN(C)C(=N)C1CCCC1. The second-order valence-electron chi connectivity index (χ2n) is 4.59. The van der Waals surface area contributed by atoms with E-state index in [9.17, 15) is 0 Å². The summed E-state index contributed by atoms with van der Waals surface area (Å²) in [6, 6.07) is 0. The summed E-state index contributed by atoms with van der Waals surface area (Å²) in [4.78, 5) is 4.27. The summed E-state index contributed by atoms with van der Waals surface area (Å²) in [7, 11) is 6.20. The van der Waals surface area contributed by atoms with Crippen molar-refractivity contribution in [2.24, 2.45) is 5.92 Å². The normalized spacial score (nSPS) is 17.7. The van der Waals surface area contributed by atoms with Gasteiger partial charge in [0.25, 0.3) is 0 Å². The first-order valence-corrected chi connectivity index (χ1v) is 5.55. The zero-order chi connectivity index (χ0) is 10.6. The van der Waals surface area contributed by atoms with Crippen LogP contribution in [0.2, 0.25) is 0 Å². The van der Waals surface area contributed by atoms with Gasteiger partial charge in [-0.3, -0.25) is 5.41 Å². The number of rotatable bonds is 4. The topological polar surface area (TPSA) is 30.3 Å². The van der Waals surface area contributed by atoms with Gasteiger partial charge in [0, 0.05) is 26.1 Å². The fourth-order valence-corrected chi connectivity index (χ4v) is 1.98. The maximum Gasteiger partial charge on any atom is 0.0987 e. The first kappa shape index (κ1) is 11.5. The van der Waals surface area contributed by atoms with E-state index in [0.717, 1.165) is 18.9 Å². The fraction of sp³-hybridized carbons (Fsp3) is 0.909. The van der Waals surface area contributed by atoms with Crippen molar-refractivity contribution in [1.29, 1.82) is 5.41 Å². The highest BCUT2D eigenvalue weighted by Crippen LogP contribution is 2.26. The molecule has 0 heterocycles. The highest BCUT2D eigenvalue weighted by Gasteiger charge is 2.21. The van der Waals surface area contributed by atoms with Crippen molar-refractivity contribution in [2.75, 3.05) is 34.2 Å². The monoisotopic (exact) mass is 197 g/mol. The lowest BCUT2D eigenvalue weighted by Crippen LogP contribution is -2.36. The van der Waals surface area contributed by atoms with Gasteiger partial charge in [0.05, 0.1) is 5.84 Å². The van der Waals surface area contributed by atoms with Crippen molar-refractivity contribution < 1.29 is 0 Å². The predicted octanol–water partition coefficient (Wildman–Crippen LogP) is 1.65. The summed E-state index contributed by atoms with van der Waals surface area (Å²) in [6.45, 7) is 2.01. The summed E-state index contributed by atoms with van der Waals surface area (Å²) in [5, 5.41) is 8.04. The molecule has 1 saturated carbocycles. The number of nitrogens with one attached hydrogen (secondary N) is 1. The molecule has 0 atom stereocenters. The van der Waals surface area contributed by atoms with Crippen LogP contribution < -0.4 is 0 Å². The molecule has 3 heteroatoms. The van der Waals surface area contributed by atoms with Crippen LogP contribution in [0.3, 0.4) is 0 Å². The van der Waals surface area contributed by atoms with E-state index in [1.54, 1.807) is 0 Å². The maximum atomic E-state index is 8.04. The Morgan fingerprint density at radius 2 is 1.71 bits per heavy atom. The quantitative estimate of drug-likeness (QED) is 0.548. The van der Waals surface area contributed by atoms with E-state index < -0.39 is 0 Å². The van der Waals surface area contributed by atoms with Crippen LogP contribution in [-0.4, -0.2) is 49.9 Å². The summed E-state index contributed by atoms with van der Waals surface area (Å²) in [5.74, 6) is 1.39. The third-order valence-corrected chi connectivity index (χ3v) is 3.04. The number of hydrogen-bond donors (Lipinski definition) is 1. The van der Waals surface area contributed by atoms with Crippen LogP contribution in [0.1, 0.15) is 25.7 Å². The molecule has 0 aromatic carbocycles. The zero-order valence-corrected chi connectivity index (χ0v) is 9.71. The van der Waals surface area contributed by atoms with Crippen molar-refractivity contribution in [3.8, 4) is 0 Å². The Balaban J connectivity index is 2.28. The Morgan fingerprint density at radius 3 is 2.21 bits per heavy atom. The molecule has 14 heavy (non-hydrogen) atoms. The van der Waals surface area contributed by atoms with Crippen LogP contribution in [-0.2, 0) is 0 Å². The zero-order valence-electron chi connectivity index (χ0n) is 9.71. The lowest BCUT2D eigenvalue weighted by Gasteiger charge is -2.25. The molecule has 0 unspecified atom stereocenters. The Bertz CT molecular complexity index is 183. The van der Waals surface area contributed by atoms with Crippen molar-refractivity contribution >= 4 is 5.84 Å². The van der Waals surface area contributed by atoms with E-state index in [1.165, 1.54) is 25.7 Å². The van der Waals surface area contributed by atoms with Crippen molar-refractivity contribution in [3.05, 3.63) is 0 Å². The Hall–Kier alpha value is -0.570. The van der Waals surface area contributed by atoms with E-state index in [-0.39, 0.29) is 0 Å². The van der Waals surface area contributed by atoms with Gasteiger partial charge in [-0.25, -0.2) is 0 Å². The average Bonchev–Trinajstić information content (AvgIpc) is 2.65. The molecule has 0 amide bonds. The molecular weight excluding hydrogens is 174 g/mol. The van der Waals surface area contributed by atoms with Crippen LogP contribution >= 0.6 is 0 Å². The minimum Gasteiger partial charge on any atom is -0.362 e. The van der Waals surface area contributed by atoms with E-state index in [4.69, 9.17) is 5.41 Å². The standard InChI is InChI=1S/C11H23N3/c1-13(2)8-9-14(3)11(12)10-6-4-5-7-10/h10,12H,4-9H2,1-3H3. The van der Waals surface area contributed by atoms with Gasteiger partial charge in [-0.2, -0.15) is 0 Å². The predicted molar refractivity (Wildman–Crippen MR) is 60.9 cm³/mol. The van der Waals surface area contributed by atoms with Gasteiger partial charge in [-0.15, -0.1) is 0 Å². The molecule has 1 aliphatic rings. The summed E-state index contributed by atoms with van der Waals surface area (Å²) in [6.07, 6.45) is 5.08. The molecule has 0 aromatic rings. The largest absolute Gasteiger partial charge is 0.362 e. The summed E-state index contributed by atoms with van der Waals surface area (Å²) in [5.41, 5.74) is 0. The van der Waals surface area contributed by atoms with Gasteiger partial charge in [-0.1, -0.05) is 12.8 Å².